The van der Waals surface area contributed by atoms with Gasteiger partial charge in [-0.25, -0.2) is 0 Å². The molecule has 114 valence electrons. The van der Waals surface area contributed by atoms with Gasteiger partial charge in [0.1, 0.15) is 0 Å². The lowest BCUT2D eigenvalue weighted by Crippen LogP contribution is -2.30. The number of hydrogen-bond acceptors (Lipinski definition) is 5. The van der Waals surface area contributed by atoms with Gasteiger partial charge < -0.3 is 4.74 Å². The predicted octanol–water partition coefficient (Wildman–Crippen LogP) is 1.72. The van der Waals surface area contributed by atoms with Gasteiger partial charge in [-0.15, -0.1) is 0 Å². The summed E-state index contributed by atoms with van der Waals surface area (Å²) in [6, 6.07) is 9.15. The van der Waals surface area contributed by atoms with Crippen LogP contribution >= 0.6 is 0 Å². The fourth-order valence-electron chi connectivity index (χ4n) is 2.79. The molecule has 2 rings (SSSR count). The molecular formula is C15H20N2O4. The number of rotatable bonds is 6. The first kappa shape index (κ1) is 15.4. The Balaban J connectivity index is 1.98. The molecule has 1 aromatic rings. The minimum atomic E-state index is -0.696. The second-order valence-electron chi connectivity index (χ2n) is 5.30. The van der Waals surface area contributed by atoms with Crippen LogP contribution in [0.2, 0.25) is 0 Å². The molecule has 0 spiro atoms. The molecule has 1 aromatic carbocycles. The fraction of sp³-hybridized carbons (Fsp3) is 0.533. The highest BCUT2D eigenvalue weighted by Gasteiger charge is 2.42. The minimum Gasteiger partial charge on any atom is -0.466 e. The molecule has 0 unspecified atom stereocenters. The van der Waals surface area contributed by atoms with Crippen molar-refractivity contribution >= 4 is 5.97 Å². The Morgan fingerprint density at radius 1 is 1.38 bits per heavy atom. The number of carbonyl (C=O) groups is 1. The summed E-state index contributed by atoms with van der Waals surface area (Å²) < 4.78 is 4.91. The zero-order valence-corrected chi connectivity index (χ0v) is 12.1. The van der Waals surface area contributed by atoms with Crippen molar-refractivity contribution in [2.24, 2.45) is 5.92 Å². The summed E-state index contributed by atoms with van der Waals surface area (Å²) in [7, 11) is 0. The second kappa shape index (κ2) is 7.17. The van der Waals surface area contributed by atoms with Crippen molar-refractivity contribution in [3.63, 3.8) is 0 Å². The first-order chi connectivity index (χ1) is 10.1. The maximum absolute atomic E-state index is 11.6. The molecule has 21 heavy (non-hydrogen) atoms. The molecule has 0 aliphatic carbocycles. The molecule has 0 N–H and O–H groups in total. The Bertz CT molecular complexity index is 492. The van der Waals surface area contributed by atoms with Gasteiger partial charge in [0.15, 0.2) is 0 Å². The Hall–Kier alpha value is -1.95. The van der Waals surface area contributed by atoms with Crippen molar-refractivity contribution in [3.05, 3.63) is 46.0 Å². The fourth-order valence-corrected chi connectivity index (χ4v) is 2.79. The highest BCUT2D eigenvalue weighted by molar-refractivity contribution is 5.69. The predicted molar refractivity (Wildman–Crippen MR) is 77.2 cm³/mol. The molecular weight excluding hydrogens is 272 g/mol. The van der Waals surface area contributed by atoms with E-state index in [0.717, 1.165) is 5.56 Å². The first-order valence-corrected chi connectivity index (χ1v) is 7.15. The Kier molecular flexibility index (Phi) is 5.27. The first-order valence-electron chi connectivity index (χ1n) is 7.15. The maximum atomic E-state index is 11.6. The third-order valence-electron chi connectivity index (χ3n) is 3.74. The minimum absolute atomic E-state index is 0.116. The van der Waals surface area contributed by atoms with Crippen LogP contribution in [0.3, 0.4) is 0 Å². The smallest absolute Gasteiger partial charge is 0.306 e. The second-order valence-corrected chi connectivity index (χ2v) is 5.30. The summed E-state index contributed by atoms with van der Waals surface area (Å²) in [6.07, 6.45) is 0.116. The van der Waals surface area contributed by atoms with Crippen molar-refractivity contribution < 1.29 is 14.5 Å². The largest absolute Gasteiger partial charge is 0.466 e. The van der Waals surface area contributed by atoms with Crippen LogP contribution in [-0.4, -0.2) is 41.5 Å². The quantitative estimate of drug-likeness (QED) is 0.453. The third-order valence-corrected chi connectivity index (χ3v) is 3.74. The van der Waals surface area contributed by atoms with E-state index in [2.05, 4.69) is 0 Å². The van der Waals surface area contributed by atoms with E-state index in [9.17, 15) is 14.9 Å². The van der Waals surface area contributed by atoms with Crippen LogP contribution in [-0.2, 0) is 16.1 Å². The molecule has 0 saturated carbocycles. The molecule has 2 atom stereocenters. The SMILES string of the molecule is CCOC(=O)C[C@@H]1CN(Cc2ccccc2)C[C@H]1[N+](=O)[O-]. The summed E-state index contributed by atoms with van der Waals surface area (Å²) in [5.41, 5.74) is 1.12. The number of nitro groups is 1. The van der Waals surface area contributed by atoms with Crippen LogP contribution in [0, 0.1) is 16.0 Å². The van der Waals surface area contributed by atoms with Crippen molar-refractivity contribution in [1.82, 2.24) is 4.90 Å². The molecule has 6 heteroatoms. The van der Waals surface area contributed by atoms with E-state index in [0.29, 0.717) is 26.2 Å². The summed E-state index contributed by atoms with van der Waals surface area (Å²) in [5, 5.41) is 11.2. The molecule has 6 nitrogen and oxygen atoms in total. The Labute approximate surface area is 123 Å². The van der Waals surface area contributed by atoms with Gasteiger partial charge in [-0.1, -0.05) is 30.3 Å². The molecule has 0 amide bonds. The summed E-state index contributed by atoms with van der Waals surface area (Å²) in [5.74, 6) is -0.626. The molecule has 1 aliphatic rings. The normalized spacial score (nSPS) is 22.1. The van der Waals surface area contributed by atoms with E-state index in [1.165, 1.54) is 0 Å². The van der Waals surface area contributed by atoms with Crippen LogP contribution in [0.5, 0.6) is 0 Å². The number of likely N-dealkylation sites (tertiary alicyclic amines) is 1. The van der Waals surface area contributed by atoms with E-state index in [4.69, 9.17) is 4.74 Å². The van der Waals surface area contributed by atoms with Gasteiger partial charge >= 0.3 is 5.97 Å². The van der Waals surface area contributed by atoms with E-state index in [1.807, 2.05) is 35.2 Å². The highest BCUT2D eigenvalue weighted by atomic mass is 16.6. The number of benzene rings is 1. The van der Waals surface area contributed by atoms with Gasteiger partial charge in [-0.3, -0.25) is 19.8 Å². The van der Waals surface area contributed by atoms with Crippen LogP contribution in [0.25, 0.3) is 0 Å². The zero-order chi connectivity index (χ0) is 15.2. The molecule has 1 saturated heterocycles. The number of nitrogens with zero attached hydrogens (tertiary/aromatic N) is 2. The van der Waals surface area contributed by atoms with E-state index in [1.54, 1.807) is 6.92 Å². The van der Waals surface area contributed by atoms with Gasteiger partial charge in [0.05, 0.1) is 25.5 Å². The number of ether oxygens (including phenoxy) is 1. The van der Waals surface area contributed by atoms with E-state index >= 15 is 0 Å². The third kappa shape index (κ3) is 4.26. The Morgan fingerprint density at radius 2 is 2.10 bits per heavy atom. The van der Waals surface area contributed by atoms with Crippen LogP contribution < -0.4 is 0 Å². The van der Waals surface area contributed by atoms with Crippen molar-refractivity contribution in [1.29, 1.82) is 0 Å². The zero-order valence-electron chi connectivity index (χ0n) is 12.1. The number of hydrogen-bond donors (Lipinski definition) is 0. The van der Waals surface area contributed by atoms with Gasteiger partial charge in [-0.05, 0) is 12.5 Å². The maximum Gasteiger partial charge on any atom is 0.306 e. The average Bonchev–Trinajstić information content (AvgIpc) is 2.83. The topological polar surface area (TPSA) is 72.7 Å². The molecule has 0 bridgehead atoms. The van der Waals surface area contributed by atoms with Gasteiger partial charge in [0, 0.05) is 18.0 Å². The van der Waals surface area contributed by atoms with Crippen LogP contribution in [0.1, 0.15) is 18.9 Å². The summed E-state index contributed by atoms with van der Waals surface area (Å²) in [4.78, 5) is 24.5. The molecule has 1 fully saturated rings. The monoisotopic (exact) mass is 292 g/mol. The van der Waals surface area contributed by atoms with Gasteiger partial charge in [0.25, 0.3) is 0 Å². The van der Waals surface area contributed by atoms with Crippen molar-refractivity contribution in [3.8, 4) is 0 Å². The van der Waals surface area contributed by atoms with Crippen molar-refractivity contribution in [2.45, 2.75) is 25.9 Å². The molecule has 1 heterocycles. The van der Waals surface area contributed by atoms with E-state index < -0.39 is 6.04 Å². The van der Waals surface area contributed by atoms with E-state index in [-0.39, 0.29) is 23.2 Å². The van der Waals surface area contributed by atoms with Crippen LogP contribution in [0.15, 0.2) is 30.3 Å². The standard InChI is InChI=1S/C15H20N2O4/c1-2-21-15(18)8-13-10-16(11-14(13)17(19)20)9-12-6-4-3-5-7-12/h3-7,13-14H,2,8-11H2,1H3/t13-,14-/m1/s1. The van der Waals surface area contributed by atoms with Gasteiger partial charge in [-0.2, -0.15) is 0 Å². The van der Waals surface area contributed by atoms with Gasteiger partial charge in [0.2, 0.25) is 6.04 Å². The lowest BCUT2D eigenvalue weighted by atomic mass is 10.0. The lowest BCUT2D eigenvalue weighted by Gasteiger charge is -2.14. The van der Waals surface area contributed by atoms with Crippen molar-refractivity contribution in [2.75, 3.05) is 19.7 Å². The van der Waals surface area contributed by atoms with Crippen LogP contribution in [0.4, 0.5) is 0 Å². The Morgan fingerprint density at radius 3 is 2.71 bits per heavy atom. The lowest BCUT2D eigenvalue weighted by molar-refractivity contribution is -0.525. The number of carbonyl (C=O) groups excluding carboxylic acids is 1. The number of esters is 1. The summed E-state index contributed by atoms with van der Waals surface area (Å²) in [6.45, 7) is 3.65. The molecule has 1 aliphatic heterocycles. The molecule has 0 aromatic heterocycles. The molecule has 0 radical (unpaired) electrons. The summed E-state index contributed by atoms with van der Waals surface area (Å²) >= 11 is 0. The highest BCUT2D eigenvalue weighted by Crippen LogP contribution is 2.24. The average molecular weight is 292 g/mol.